The normalized spacial score (nSPS) is 15.8. The number of benzene rings is 1. The lowest BCUT2D eigenvalue weighted by Gasteiger charge is -2.30. The summed E-state index contributed by atoms with van der Waals surface area (Å²) in [7, 11) is 0. The molecule has 0 aromatic heterocycles. The lowest BCUT2D eigenvalue weighted by atomic mass is 9.83. The van der Waals surface area contributed by atoms with Gasteiger partial charge in [0.05, 0.1) is 6.61 Å². The summed E-state index contributed by atoms with van der Waals surface area (Å²) in [5, 5.41) is 9.77. The third-order valence-corrected chi connectivity index (χ3v) is 3.20. The first-order valence-corrected chi connectivity index (χ1v) is 6.48. The molecule has 0 heterocycles. The molecule has 1 N–H and O–H groups in total. The van der Waals surface area contributed by atoms with Gasteiger partial charge in [0, 0.05) is 0 Å². The van der Waals surface area contributed by atoms with E-state index in [1.54, 1.807) is 0 Å². The molecule has 20 heavy (non-hydrogen) atoms. The lowest BCUT2D eigenvalue weighted by molar-refractivity contribution is -0.258. The summed E-state index contributed by atoms with van der Waals surface area (Å²) < 4.78 is 44.2. The minimum absolute atomic E-state index is 0.182. The summed E-state index contributed by atoms with van der Waals surface area (Å²) in [6.07, 6.45) is -4.73. The van der Waals surface area contributed by atoms with Crippen molar-refractivity contribution in [3.8, 4) is 5.75 Å². The molecule has 114 valence electrons. The van der Waals surface area contributed by atoms with Gasteiger partial charge in [-0.05, 0) is 42.5 Å². The molecule has 0 saturated carbocycles. The van der Waals surface area contributed by atoms with Crippen molar-refractivity contribution in [1.29, 1.82) is 0 Å². The van der Waals surface area contributed by atoms with Gasteiger partial charge in [-0.2, -0.15) is 13.2 Å². The van der Waals surface area contributed by atoms with Crippen molar-refractivity contribution in [1.82, 2.24) is 0 Å². The average molecular weight is 290 g/mol. The van der Waals surface area contributed by atoms with E-state index in [1.165, 1.54) is 18.2 Å². The number of halogens is 3. The van der Waals surface area contributed by atoms with Gasteiger partial charge in [0.15, 0.2) is 5.60 Å². The summed E-state index contributed by atoms with van der Waals surface area (Å²) in [6.45, 7) is 8.66. The van der Waals surface area contributed by atoms with Crippen LogP contribution in [0.25, 0.3) is 0 Å². The van der Waals surface area contributed by atoms with Crippen molar-refractivity contribution in [3.63, 3.8) is 0 Å². The maximum Gasteiger partial charge on any atom is 0.421 e. The van der Waals surface area contributed by atoms with Crippen LogP contribution >= 0.6 is 0 Å². The second-order valence-corrected chi connectivity index (χ2v) is 5.96. The van der Waals surface area contributed by atoms with E-state index in [0.29, 0.717) is 17.9 Å². The first-order valence-electron chi connectivity index (χ1n) is 6.48. The second-order valence-electron chi connectivity index (χ2n) is 5.96. The molecule has 0 radical (unpaired) electrons. The number of rotatable bonds is 3. The largest absolute Gasteiger partial charge is 0.494 e. The van der Waals surface area contributed by atoms with Crippen LogP contribution in [0.3, 0.4) is 0 Å². The van der Waals surface area contributed by atoms with E-state index in [-0.39, 0.29) is 11.0 Å². The van der Waals surface area contributed by atoms with Crippen LogP contribution in [0, 0.1) is 0 Å². The lowest BCUT2D eigenvalue weighted by Crippen LogP contribution is -2.39. The molecule has 0 amide bonds. The zero-order chi connectivity index (χ0) is 15.8. The molecule has 0 aliphatic rings. The van der Waals surface area contributed by atoms with Crippen LogP contribution in [0.2, 0.25) is 0 Å². The molecule has 0 spiro atoms. The number of alkyl halides is 3. The predicted octanol–water partition coefficient (Wildman–Crippen LogP) is 4.15. The quantitative estimate of drug-likeness (QED) is 0.906. The van der Waals surface area contributed by atoms with Gasteiger partial charge in [-0.3, -0.25) is 0 Å². The Morgan fingerprint density at radius 2 is 1.65 bits per heavy atom. The Morgan fingerprint density at radius 1 is 1.10 bits per heavy atom. The van der Waals surface area contributed by atoms with Crippen molar-refractivity contribution in [2.45, 2.75) is 51.8 Å². The van der Waals surface area contributed by atoms with Crippen LogP contribution in [-0.2, 0) is 11.0 Å². The van der Waals surface area contributed by atoms with E-state index >= 15 is 0 Å². The van der Waals surface area contributed by atoms with Gasteiger partial charge >= 0.3 is 6.18 Å². The maximum atomic E-state index is 12.9. The number of hydrogen-bond acceptors (Lipinski definition) is 2. The summed E-state index contributed by atoms with van der Waals surface area (Å²) in [5.41, 5.74) is -2.81. The zero-order valence-corrected chi connectivity index (χ0v) is 12.4. The van der Waals surface area contributed by atoms with E-state index in [9.17, 15) is 18.3 Å². The molecule has 1 aromatic carbocycles. The van der Waals surface area contributed by atoms with Gasteiger partial charge in [0.25, 0.3) is 0 Å². The predicted molar refractivity (Wildman–Crippen MR) is 71.9 cm³/mol. The Balaban J connectivity index is 3.41. The molecular weight excluding hydrogens is 269 g/mol. The molecule has 0 saturated heterocycles. The molecule has 0 aliphatic heterocycles. The van der Waals surface area contributed by atoms with Crippen LogP contribution in [0.1, 0.15) is 45.7 Å². The smallest absolute Gasteiger partial charge is 0.421 e. The fourth-order valence-electron chi connectivity index (χ4n) is 1.86. The third kappa shape index (κ3) is 3.26. The molecule has 1 atom stereocenters. The first-order chi connectivity index (χ1) is 8.91. The van der Waals surface area contributed by atoms with Gasteiger partial charge in [-0.15, -0.1) is 0 Å². The highest BCUT2D eigenvalue weighted by Gasteiger charge is 2.51. The van der Waals surface area contributed by atoms with Crippen molar-refractivity contribution in [2.24, 2.45) is 0 Å². The highest BCUT2D eigenvalue weighted by Crippen LogP contribution is 2.41. The van der Waals surface area contributed by atoms with E-state index in [1.807, 2.05) is 27.7 Å². The van der Waals surface area contributed by atoms with E-state index < -0.39 is 11.8 Å². The van der Waals surface area contributed by atoms with Gasteiger partial charge in [-0.1, -0.05) is 26.8 Å². The minimum atomic E-state index is -4.73. The van der Waals surface area contributed by atoms with Crippen LogP contribution in [0.5, 0.6) is 5.75 Å². The van der Waals surface area contributed by atoms with Crippen LogP contribution in [-0.4, -0.2) is 17.9 Å². The Hall–Kier alpha value is -1.23. The molecule has 1 rings (SSSR count). The number of hydrogen-bond donors (Lipinski definition) is 1. The fourth-order valence-corrected chi connectivity index (χ4v) is 1.86. The maximum absolute atomic E-state index is 12.9. The monoisotopic (exact) mass is 290 g/mol. The third-order valence-electron chi connectivity index (χ3n) is 3.20. The summed E-state index contributed by atoms with van der Waals surface area (Å²) in [4.78, 5) is 0. The number of aliphatic hydroxyl groups is 1. The van der Waals surface area contributed by atoms with E-state index in [2.05, 4.69) is 0 Å². The molecular formula is C15H21F3O2. The molecule has 5 heteroatoms. The van der Waals surface area contributed by atoms with Crippen LogP contribution < -0.4 is 4.74 Å². The fraction of sp³-hybridized carbons (Fsp3) is 0.600. The van der Waals surface area contributed by atoms with Crippen LogP contribution in [0.4, 0.5) is 13.2 Å². The molecule has 1 aromatic rings. The average Bonchev–Trinajstić information content (AvgIpc) is 2.26. The van der Waals surface area contributed by atoms with Gasteiger partial charge in [0.1, 0.15) is 5.75 Å². The Bertz CT molecular complexity index is 471. The van der Waals surface area contributed by atoms with Gasteiger partial charge in [-0.25, -0.2) is 0 Å². The number of ether oxygens (including phenoxy) is 1. The zero-order valence-electron chi connectivity index (χ0n) is 12.4. The topological polar surface area (TPSA) is 29.5 Å². The van der Waals surface area contributed by atoms with Crippen molar-refractivity contribution in [3.05, 3.63) is 29.3 Å². The highest BCUT2D eigenvalue weighted by molar-refractivity contribution is 5.43. The summed E-state index contributed by atoms with van der Waals surface area (Å²) in [5.74, 6) is 0.543. The second kappa shape index (κ2) is 5.28. The van der Waals surface area contributed by atoms with Crippen LogP contribution in [0.15, 0.2) is 18.2 Å². The summed E-state index contributed by atoms with van der Waals surface area (Å²) >= 11 is 0. The highest BCUT2D eigenvalue weighted by atomic mass is 19.4. The van der Waals surface area contributed by atoms with E-state index in [0.717, 1.165) is 6.92 Å². The van der Waals surface area contributed by atoms with Gasteiger partial charge in [0.2, 0.25) is 0 Å². The standard InChI is InChI=1S/C15H21F3O2/c1-6-20-12-8-7-10(9-11(12)13(2,3)4)14(5,19)15(16,17)18/h7-9,19H,6H2,1-5H3. The van der Waals surface area contributed by atoms with Crippen molar-refractivity contribution >= 4 is 0 Å². The van der Waals surface area contributed by atoms with Crippen molar-refractivity contribution < 1.29 is 23.0 Å². The molecule has 0 bridgehead atoms. The van der Waals surface area contributed by atoms with Gasteiger partial charge < -0.3 is 9.84 Å². The molecule has 1 unspecified atom stereocenters. The Kier molecular flexibility index (Phi) is 4.44. The van der Waals surface area contributed by atoms with E-state index in [4.69, 9.17) is 4.74 Å². The first kappa shape index (κ1) is 16.8. The Morgan fingerprint density at radius 3 is 2.05 bits per heavy atom. The summed E-state index contributed by atoms with van der Waals surface area (Å²) in [6, 6.07) is 4.12. The van der Waals surface area contributed by atoms with Crippen molar-refractivity contribution in [2.75, 3.05) is 6.61 Å². The molecule has 0 aliphatic carbocycles. The Labute approximate surface area is 117 Å². The molecule has 2 nitrogen and oxygen atoms in total. The SMILES string of the molecule is CCOc1ccc(C(C)(O)C(F)(F)F)cc1C(C)(C)C. The minimum Gasteiger partial charge on any atom is -0.494 e. The molecule has 0 fully saturated rings.